The van der Waals surface area contributed by atoms with E-state index in [0.717, 1.165) is 3.97 Å². The molecule has 2 heterocycles. The lowest BCUT2D eigenvalue weighted by Crippen LogP contribution is -2.39. The lowest BCUT2D eigenvalue weighted by Gasteiger charge is -2.21. The number of aromatic nitrogens is 3. The number of nitrogens with zero attached hydrogens (tertiary/aromatic N) is 3. The molecular weight excluding hydrogens is 533 g/mol. The Morgan fingerprint density at radius 1 is 1.21 bits per heavy atom. The lowest BCUT2D eigenvalue weighted by atomic mass is 10.1. The summed E-state index contributed by atoms with van der Waals surface area (Å²) in [5.74, 6) is -0.439. The molecule has 1 saturated carbocycles. The average molecular weight is 562 g/mol. The van der Waals surface area contributed by atoms with Gasteiger partial charge in [-0.15, -0.1) is 3.89 Å². The van der Waals surface area contributed by atoms with Crippen molar-refractivity contribution in [1.29, 1.82) is 5.41 Å². The number of carbonyl (C=O) groups is 2. The van der Waals surface area contributed by atoms with Gasteiger partial charge in [0, 0.05) is 41.6 Å². The van der Waals surface area contributed by atoms with Crippen LogP contribution in [-0.4, -0.2) is 56.4 Å². The quantitative estimate of drug-likeness (QED) is 0.295. The Morgan fingerprint density at radius 2 is 1.92 bits per heavy atom. The van der Waals surface area contributed by atoms with E-state index in [1.165, 1.54) is 12.4 Å². The molecule has 1 fully saturated rings. The smallest absolute Gasteiger partial charge is 0.407 e. The van der Waals surface area contributed by atoms with Crippen LogP contribution in [0.5, 0.6) is 0 Å². The lowest BCUT2D eigenvalue weighted by molar-refractivity contribution is 0.0505. The number of rotatable bonds is 7. The maximum absolute atomic E-state index is 13.7. The van der Waals surface area contributed by atoms with Gasteiger partial charge in [0.05, 0.1) is 17.5 Å². The van der Waals surface area contributed by atoms with Gasteiger partial charge in [-0.25, -0.2) is 18.7 Å². The molecule has 4 rings (SSSR count). The second-order valence-electron chi connectivity index (χ2n) is 10.0. The number of carbonyl (C=O) groups excluding carboxylic acids is 2. The normalized spacial score (nSPS) is 17.3. The standard InChI is InChI=1S/C25H29ClFN7O3S/c1-25(2,3)37-24(36)32-15-7-6-14(10-15)31-23(35)17-12-34(38-27)22-21(17)33-19(11-30-22)20(28)16-8-5-13(26)9-18(16)29-4/h5,8-9,11-12,14-15,28-29H,6-7,10H2,1-4H3,(H,31,35)(H,32,36). The van der Waals surface area contributed by atoms with Crippen LogP contribution < -0.4 is 16.0 Å². The first-order chi connectivity index (χ1) is 18.0. The van der Waals surface area contributed by atoms with Crippen molar-refractivity contribution in [3.8, 4) is 0 Å². The van der Waals surface area contributed by atoms with Crippen LogP contribution in [0, 0.1) is 5.41 Å². The van der Waals surface area contributed by atoms with Crippen molar-refractivity contribution in [3.05, 3.63) is 52.4 Å². The fourth-order valence-electron chi connectivity index (χ4n) is 4.36. The van der Waals surface area contributed by atoms with Gasteiger partial charge in [-0.05, 0) is 58.2 Å². The van der Waals surface area contributed by atoms with Crippen LogP contribution in [0.15, 0.2) is 30.6 Å². The van der Waals surface area contributed by atoms with Crippen LogP contribution >= 0.6 is 23.9 Å². The van der Waals surface area contributed by atoms with E-state index in [4.69, 9.17) is 21.7 Å². The van der Waals surface area contributed by atoms with Crippen LogP contribution in [0.2, 0.25) is 5.02 Å². The van der Waals surface area contributed by atoms with E-state index in [1.54, 1.807) is 46.0 Å². The Kier molecular flexibility index (Phi) is 8.12. The molecule has 4 N–H and O–H groups in total. The number of anilines is 1. The molecule has 3 aromatic rings. The monoisotopic (exact) mass is 561 g/mol. The van der Waals surface area contributed by atoms with Crippen molar-refractivity contribution in [2.45, 2.75) is 57.7 Å². The highest BCUT2D eigenvalue weighted by atomic mass is 35.5. The average Bonchev–Trinajstić information content (AvgIpc) is 3.45. The second-order valence-corrected chi connectivity index (χ2v) is 11.0. The summed E-state index contributed by atoms with van der Waals surface area (Å²) >= 11 is 5.98. The minimum Gasteiger partial charge on any atom is -0.444 e. The molecule has 2 unspecified atom stereocenters. The number of alkyl carbamates (subject to hydrolysis) is 1. The second kappa shape index (κ2) is 11.2. The number of fused-ring (bicyclic) bond motifs is 1. The summed E-state index contributed by atoms with van der Waals surface area (Å²) in [5, 5.41) is 18.0. The van der Waals surface area contributed by atoms with Gasteiger partial charge in [-0.3, -0.25) is 10.2 Å². The van der Waals surface area contributed by atoms with E-state index >= 15 is 0 Å². The third kappa shape index (κ3) is 6.18. The van der Waals surface area contributed by atoms with E-state index in [0.29, 0.717) is 35.5 Å². The molecule has 2 amide bonds. The molecular formula is C25H29ClFN7O3S. The van der Waals surface area contributed by atoms with Crippen molar-refractivity contribution >= 4 is 58.5 Å². The summed E-state index contributed by atoms with van der Waals surface area (Å²) in [5.41, 5.74) is 1.35. The molecule has 0 saturated heterocycles. The minimum absolute atomic E-state index is 0.0688. The fourth-order valence-corrected chi connectivity index (χ4v) is 4.88. The van der Waals surface area contributed by atoms with Gasteiger partial charge >= 0.3 is 6.09 Å². The molecule has 1 aliphatic rings. The zero-order valence-electron chi connectivity index (χ0n) is 21.4. The highest BCUT2D eigenvalue weighted by molar-refractivity contribution is 7.92. The first kappa shape index (κ1) is 27.6. The van der Waals surface area contributed by atoms with Gasteiger partial charge in [-0.1, -0.05) is 11.6 Å². The molecule has 0 aliphatic heterocycles. The Labute approximate surface area is 229 Å². The number of amides is 2. The van der Waals surface area contributed by atoms with Crippen LogP contribution in [0.4, 0.5) is 14.4 Å². The Bertz CT molecular complexity index is 1390. The predicted octanol–water partition coefficient (Wildman–Crippen LogP) is 5.10. The van der Waals surface area contributed by atoms with Gasteiger partial charge in [0.25, 0.3) is 5.91 Å². The first-order valence-electron chi connectivity index (χ1n) is 12.0. The summed E-state index contributed by atoms with van der Waals surface area (Å²) in [6.07, 6.45) is 4.09. The van der Waals surface area contributed by atoms with Gasteiger partial charge in [0.2, 0.25) is 0 Å². The molecule has 2 atom stereocenters. The maximum atomic E-state index is 13.7. The number of ether oxygens (including phenoxy) is 1. The van der Waals surface area contributed by atoms with Crippen molar-refractivity contribution in [2.75, 3.05) is 12.4 Å². The third-order valence-electron chi connectivity index (χ3n) is 6.05. The SMILES string of the molecule is CNc1cc(Cl)ccc1C(=N)c1cnc2c(n1)c(C(=O)NC1CCC(NC(=O)OC(C)(C)C)C1)cn2SF. The zero-order chi connectivity index (χ0) is 27.6. The molecule has 0 spiro atoms. The van der Waals surface area contributed by atoms with Gasteiger partial charge in [0.1, 0.15) is 16.8 Å². The highest BCUT2D eigenvalue weighted by Crippen LogP contribution is 2.27. The predicted molar refractivity (Wildman–Crippen MR) is 147 cm³/mol. The summed E-state index contributed by atoms with van der Waals surface area (Å²) in [7, 11) is 1.72. The largest absolute Gasteiger partial charge is 0.444 e. The highest BCUT2D eigenvalue weighted by Gasteiger charge is 2.30. The number of nitrogens with one attached hydrogen (secondary N) is 4. The van der Waals surface area contributed by atoms with E-state index in [-0.39, 0.29) is 52.6 Å². The van der Waals surface area contributed by atoms with Gasteiger partial charge in [0.15, 0.2) is 18.0 Å². The topological polar surface area (TPSA) is 134 Å². The maximum Gasteiger partial charge on any atom is 0.407 e. The number of benzene rings is 1. The van der Waals surface area contributed by atoms with Crippen LogP contribution in [0.1, 0.15) is 61.6 Å². The summed E-state index contributed by atoms with van der Waals surface area (Å²) < 4.78 is 20.1. The van der Waals surface area contributed by atoms with Gasteiger partial charge in [-0.2, -0.15) is 0 Å². The Balaban J connectivity index is 1.53. The van der Waals surface area contributed by atoms with Crippen LogP contribution in [0.25, 0.3) is 11.2 Å². The third-order valence-corrected chi connectivity index (χ3v) is 6.71. The number of hydrogen-bond donors (Lipinski definition) is 4. The molecule has 0 bridgehead atoms. The van der Waals surface area contributed by atoms with Crippen LogP contribution in [-0.2, 0) is 4.74 Å². The van der Waals surface area contributed by atoms with Crippen molar-refractivity contribution < 1.29 is 18.2 Å². The number of halogens is 2. The van der Waals surface area contributed by atoms with E-state index in [9.17, 15) is 13.5 Å². The Morgan fingerprint density at radius 3 is 2.58 bits per heavy atom. The molecule has 13 heteroatoms. The molecule has 202 valence electrons. The molecule has 1 aliphatic carbocycles. The summed E-state index contributed by atoms with van der Waals surface area (Å²) in [6.45, 7) is 5.38. The summed E-state index contributed by atoms with van der Waals surface area (Å²) in [4.78, 5) is 34.1. The first-order valence-corrected chi connectivity index (χ1v) is 13.1. The zero-order valence-corrected chi connectivity index (χ0v) is 23.0. The van der Waals surface area contributed by atoms with E-state index < -0.39 is 17.6 Å². The molecule has 38 heavy (non-hydrogen) atoms. The van der Waals surface area contributed by atoms with Crippen molar-refractivity contribution in [1.82, 2.24) is 24.6 Å². The summed E-state index contributed by atoms with van der Waals surface area (Å²) in [6, 6.07) is 4.73. The molecule has 1 aromatic carbocycles. The minimum atomic E-state index is -0.600. The molecule has 10 nitrogen and oxygen atoms in total. The van der Waals surface area contributed by atoms with Crippen LogP contribution in [0.3, 0.4) is 0 Å². The van der Waals surface area contributed by atoms with Gasteiger partial charge < -0.3 is 20.7 Å². The Hall–Kier alpha value is -3.38. The molecule has 2 aromatic heterocycles. The van der Waals surface area contributed by atoms with E-state index in [1.807, 2.05) is 0 Å². The van der Waals surface area contributed by atoms with Crippen molar-refractivity contribution in [3.63, 3.8) is 0 Å². The number of hydrogen-bond acceptors (Lipinski definition) is 8. The molecule has 0 radical (unpaired) electrons. The van der Waals surface area contributed by atoms with E-state index in [2.05, 4.69) is 25.9 Å². The fraction of sp³-hybridized carbons (Fsp3) is 0.400. The van der Waals surface area contributed by atoms with Crippen molar-refractivity contribution in [2.24, 2.45) is 0 Å².